The number of hydrogen-bond acceptors (Lipinski definition) is 5. The molecule has 0 aliphatic rings. The quantitative estimate of drug-likeness (QED) is 0.416. The van der Waals surface area contributed by atoms with E-state index < -0.39 is 0 Å². The molecule has 3 rings (SSSR count). The average Bonchev–Trinajstić information content (AvgIpc) is 2.82. The van der Waals surface area contributed by atoms with E-state index in [0.29, 0.717) is 19.0 Å². The van der Waals surface area contributed by atoms with Gasteiger partial charge in [-0.15, -0.1) is 0 Å². The normalized spacial score (nSPS) is 12.9. The van der Waals surface area contributed by atoms with Crippen LogP contribution in [0.2, 0.25) is 0 Å². The second-order valence-corrected chi connectivity index (χ2v) is 7.40. The molecular weight excluding hydrogens is 388 g/mol. The van der Waals surface area contributed by atoms with Crippen LogP contribution in [0, 0.1) is 0 Å². The summed E-state index contributed by atoms with van der Waals surface area (Å²) in [5, 5.41) is 0. The summed E-state index contributed by atoms with van der Waals surface area (Å²) in [5.41, 5.74) is 3.32. The van der Waals surface area contributed by atoms with Gasteiger partial charge in [0.2, 0.25) is 5.88 Å². The molecule has 5 heteroatoms. The highest BCUT2D eigenvalue weighted by Gasteiger charge is 2.29. The van der Waals surface area contributed by atoms with E-state index >= 15 is 0 Å². The molecule has 0 amide bonds. The first kappa shape index (κ1) is 22.5. The van der Waals surface area contributed by atoms with Gasteiger partial charge in [0, 0.05) is 30.9 Å². The molecule has 0 unspecified atom stereocenters. The molecule has 2 aromatic carbocycles. The third-order valence-corrected chi connectivity index (χ3v) is 5.41. The summed E-state index contributed by atoms with van der Waals surface area (Å²) in [6.45, 7) is 5.05. The molecule has 3 aromatic rings. The van der Waals surface area contributed by atoms with Crippen LogP contribution in [0.5, 0.6) is 5.88 Å². The lowest BCUT2D eigenvalue weighted by Crippen LogP contribution is -2.33. The predicted octanol–water partition coefficient (Wildman–Crippen LogP) is 5.35. The fourth-order valence-corrected chi connectivity index (χ4v) is 3.75. The third-order valence-electron chi connectivity index (χ3n) is 5.41. The van der Waals surface area contributed by atoms with Crippen LogP contribution < -0.4 is 4.74 Å². The highest BCUT2D eigenvalue weighted by atomic mass is 16.5. The Balaban J connectivity index is 2.02. The summed E-state index contributed by atoms with van der Waals surface area (Å²) in [4.78, 5) is 19.3. The Hall–Kier alpha value is -3.18. The largest absolute Gasteiger partial charge is 0.481 e. The molecule has 0 aliphatic heterocycles. The molecule has 31 heavy (non-hydrogen) atoms. The second kappa shape index (κ2) is 11.3. The maximum atomic E-state index is 12.6. The van der Waals surface area contributed by atoms with Crippen molar-refractivity contribution in [1.82, 2.24) is 9.88 Å². The molecular formula is C26H30N2O3. The fraction of sp³-hybridized carbons (Fsp3) is 0.308. The first-order chi connectivity index (χ1) is 15.1. The lowest BCUT2D eigenvalue weighted by atomic mass is 9.97. The monoisotopic (exact) mass is 418 g/mol. The minimum Gasteiger partial charge on any atom is -0.481 e. The number of carbonyl (C=O) groups is 1. The molecule has 5 nitrogen and oxygen atoms in total. The van der Waals surface area contributed by atoms with Gasteiger partial charge in [-0.3, -0.25) is 9.69 Å². The van der Waals surface area contributed by atoms with E-state index in [1.807, 2.05) is 55.5 Å². The topological polar surface area (TPSA) is 51.7 Å². The van der Waals surface area contributed by atoms with Crippen LogP contribution in [0.25, 0.3) is 0 Å². The van der Waals surface area contributed by atoms with Crippen molar-refractivity contribution >= 4 is 5.97 Å². The number of rotatable bonds is 10. The van der Waals surface area contributed by atoms with Crippen LogP contribution in [0.3, 0.4) is 0 Å². The second-order valence-electron chi connectivity index (χ2n) is 7.40. The Kier molecular flexibility index (Phi) is 8.19. The highest BCUT2D eigenvalue weighted by molar-refractivity contribution is 5.70. The van der Waals surface area contributed by atoms with Crippen molar-refractivity contribution in [2.45, 2.75) is 38.9 Å². The van der Waals surface area contributed by atoms with Crippen molar-refractivity contribution in [3.8, 4) is 5.88 Å². The lowest BCUT2D eigenvalue weighted by molar-refractivity contribution is -0.145. The Bertz CT molecular complexity index is 930. The Morgan fingerprint density at radius 3 is 2.23 bits per heavy atom. The van der Waals surface area contributed by atoms with Crippen LogP contribution in [-0.4, -0.2) is 29.6 Å². The van der Waals surface area contributed by atoms with Crippen LogP contribution >= 0.6 is 0 Å². The molecule has 2 atom stereocenters. The van der Waals surface area contributed by atoms with E-state index in [2.05, 4.69) is 41.1 Å². The van der Waals surface area contributed by atoms with Crippen molar-refractivity contribution in [2.24, 2.45) is 0 Å². The van der Waals surface area contributed by atoms with Crippen LogP contribution in [0.15, 0.2) is 79.0 Å². The van der Waals surface area contributed by atoms with Gasteiger partial charge in [0.15, 0.2) is 0 Å². The standard InChI is InChI=1S/C26H30N2O3/c1-4-31-26(29)17-24(23-15-16-25(30-3)27-18-23)28(19-21-11-7-5-8-12-21)20(2)22-13-9-6-10-14-22/h5-16,18,20,24H,4,17,19H2,1-3H3/t20-,24+/m1/s1. The molecule has 0 fully saturated rings. The molecule has 0 bridgehead atoms. The summed E-state index contributed by atoms with van der Waals surface area (Å²) >= 11 is 0. The van der Waals surface area contributed by atoms with Gasteiger partial charge < -0.3 is 9.47 Å². The smallest absolute Gasteiger partial charge is 0.307 e. The van der Waals surface area contributed by atoms with Gasteiger partial charge in [0.1, 0.15) is 0 Å². The zero-order chi connectivity index (χ0) is 22.1. The number of hydrogen-bond donors (Lipinski definition) is 0. The van der Waals surface area contributed by atoms with Crippen molar-refractivity contribution in [2.75, 3.05) is 13.7 Å². The SMILES string of the molecule is CCOC(=O)C[C@@H](c1ccc(OC)nc1)N(Cc1ccccc1)[C@H](C)c1ccccc1. The molecule has 1 aromatic heterocycles. The molecule has 1 heterocycles. The fourth-order valence-electron chi connectivity index (χ4n) is 3.75. The first-order valence-electron chi connectivity index (χ1n) is 10.6. The Labute approximate surface area is 184 Å². The number of pyridine rings is 1. The number of nitrogens with zero attached hydrogens (tertiary/aromatic N) is 2. The van der Waals surface area contributed by atoms with E-state index in [-0.39, 0.29) is 24.5 Å². The van der Waals surface area contributed by atoms with E-state index in [9.17, 15) is 4.79 Å². The molecule has 0 N–H and O–H groups in total. The van der Waals surface area contributed by atoms with Crippen molar-refractivity contribution in [1.29, 1.82) is 0 Å². The third kappa shape index (κ3) is 6.15. The summed E-state index contributed by atoms with van der Waals surface area (Å²) < 4.78 is 10.5. The number of aromatic nitrogens is 1. The van der Waals surface area contributed by atoms with E-state index in [1.165, 1.54) is 11.1 Å². The van der Waals surface area contributed by atoms with Gasteiger partial charge in [0.25, 0.3) is 0 Å². The Morgan fingerprint density at radius 1 is 0.968 bits per heavy atom. The van der Waals surface area contributed by atoms with Gasteiger partial charge >= 0.3 is 5.97 Å². The van der Waals surface area contributed by atoms with Crippen LogP contribution in [0.4, 0.5) is 0 Å². The maximum Gasteiger partial charge on any atom is 0.307 e. The molecule has 0 saturated carbocycles. The summed E-state index contributed by atoms with van der Waals surface area (Å²) in [5.74, 6) is 0.325. The maximum absolute atomic E-state index is 12.6. The van der Waals surface area contributed by atoms with Crippen molar-refractivity contribution in [3.05, 3.63) is 95.7 Å². The number of esters is 1. The van der Waals surface area contributed by atoms with E-state index in [1.54, 1.807) is 13.3 Å². The summed E-state index contributed by atoms with van der Waals surface area (Å²) in [7, 11) is 1.59. The van der Waals surface area contributed by atoms with Gasteiger partial charge in [-0.2, -0.15) is 0 Å². The van der Waals surface area contributed by atoms with E-state index in [0.717, 1.165) is 5.56 Å². The van der Waals surface area contributed by atoms with Crippen LogP contribution in [-0.2, 0) is 16.1 Å². The summed E-state index contributed by atoms with van der Waals surface area (Å²) in [6.07, 6.45) is 2.03. The van der Waals surface area contributed by atoms with E-state index in [4.69, 9.17) is 9.47 Å². The number of ether oxygens (including phenoxy) is 2. The zero-order valence-corrected chi connectivity index (χ0v) is 18.4. The Morgan fingerprint density at radius 2 is 1.65 bits per heavy atom. The molecule has 0 aliphatic carbocycles. The van der Waals surface area contributed by atoms with Gasteiger partial charge in [-0.05, 0) is 30.5 Å². The number of benzene rings is 2. The molecule has 162 valence electrons. The van der Waals surface area contributed by atoms with Gasteiger partial charge in [-0.1, -0.05) is 66.7 Å². The van der Waals surface area contributed by atoms with Crippen molar-refractivity contribution < 1.29 is 14.3 Å². The molecule has 0 radical (unpaired) electrons. The average molecular weight is 419 g/mol. The van der Waals surface area contributed by atoms with Crippen LogP contribution in [0.1, 0.15) is 49.0 Å². The zero-order valence-electron chi connectivity index (χ0n) is 18.4. The minimum atomic E-state index is -0.221. The summed E-state index contributed by atoms with van der Waals surface area (Å²) in [6, 6.07) is 24.3. The molecule has 0 saturated heterocycles. The minimum absolute atomic E-state index is 0.0722. The predicted molar refractivity (Wildman–Crippen MR) is 122 cm³/mol. The number of methoxy groups -OCH3 is 1. The van der Waals surface area contributed by atoms with Gasteiger partial charge in [0.05, 0.1) is 20.1 Å². The first-order valence-corrected chi connectivity index (χ1v) is 10.6. The van der Waals surface area contributed by atoms with Crippen molar-refractivity contribution in [3.63, 3.8) is 0 Å². The molecule has 0 spiro atoms. The highest BCUT2D eigenvalue weighted by Crippen LogP contribution is 2.35. The van der Waals surface area contributed by atoms with Gasteiger partial charge in [-0.25, -0.2) is 4.98 Å². The lowest BCUT2D eigenvalue weighted by Gasteiger charge is -2.37. The number of carbonyl (C=O) groups excluding carboxylic acids is 1.